The Labute approximate surface area is 118 Å². The first kappa shape index (κ1) is 13.2. The fraction of sp³-hybridized carbons (Fsp3) is 0.438. The molecule has 4 heteroatoms. The molecule has 4 nitrogen and oxygen atoms in total. The smallest absolute Gasteiger partial charge is 0.289 e. The van der Waals surface area contributed by atoms with E-state index in [2.05, 4.69) is 12.2 Å². The molecule has 1 aromatic carbocycles. The zero-order valence-corrected chi connectivity index (χ0v) is 12.0. The van der Waals surface area contributed by atoms with Gasteiger partial charge in [0, 0.05) is 24.0 Å². The largest absolute Gasteiger partial charge is 0.451 e. The van der Waals surface area contributed by atoms with Gasteiger partial charge in [-0.3, -0.25) is 4.79 Å². The van der Waals surface area contributed by atoms with Gasteiger partial charge in [-0.25, -0.2) is 0 Å². The van der Waals surface area contributed by atoms with Gasteiger partial charge in [0.15, 0.2) is 5.76 Å². The minimum atomic E-state index is -0.000599. The number of fused-ring (bicyclic) bond motifs is 1. The number of carbonyl (C=O) groups is 1. The van der Waals surface area contributed by atoms with Crippen LogP contribution >= 0.6 is 0 Å². The van der Waals surface area contributed by atoms with Crippen LogP contribution in [0.5, 0.6) is 0 Å². The fourth-order valence-electron chi connectivity index (χ4n) is 2.70. The van der Waals surface area contributed by atoms with Crippen molar-refractivity contribution in [1.82, 2.24) is 10.2 Å². The van der Waals surface area contributed by atoms with Crippen LogP contribution < -0.4 is 5.32 Å². The van der Waals surface area contributed by atoms with Crippen molar-refractivity contribution in [1.29, 1.82) is 0 Å². The molecule has 2 aromatic rings. The molecule has 1 amide bonds. The van der Waals surface area contributed by atoms with Crippen LogP contribution in [0, 0.1) is 0 Å². The van der Waals surface area contributed by atoms with E-state index in [-0.39, 0.29) is 11.4 Å². The van der Waals surface area contributed by atoms with E-state index >= 15 is 0 Å². The Kier molecular flexibility index (Phi) is 3.26. The van der Waals surface area contributed by atoms with Crippen LogP contribution in [0.4, 0.5) is 0 Å². The van der Waals surface area contributed by atoms with Crippen molar-refractivity contribution in [2.45, 2.75) is 25.3 Å². The maximum absolute atomic E-state index is 12.5. The van der Waals surface area contributed by atoms with Gasteiger partial charge in [0.1, 0.15) is 5.58 Å². The van der Waals surface area contributed by atoms with Gasteiger partial charge in [-0.2, -0.15) is 0 Å². The molecule has 1 aromatic heterocycles. The van der Waals surface area contributed by atoms with Crippen molar-refractivity contribution in [2.75, 3.05) is 20.1 Å². The molecule has 1 N–H and O–H groups in total. The number of benzene rings is 1. The third-order valence-electron chi connectivity index (χ3n) is 4.39. The monoisotopic (exact) mass is 272 g/mol. The topological polar surface area (TPSA) is 45.5 Å². The summed E-state index contributed by atoms with van der Waals surface area (Å²) < 4.78 is 5.65. The second-order valence-corrected chi connectivity index (χ2v) is 5.75. The van der Waals surface area contributed by atoms with Crippen molar-refractivity contribution in [3.63, 3.8) is 0 Å². The van der Waals surface area contributed by atoms with Crippen LogP contribution in [0.2, 0.25) is 0 Å². The Morgan fingerprint density at radius 1 is 1.30 bits per heavy atom. The maximum atomic E-state index is 12.5. The van der Waals surface area contributed by atoms with E-state index in [0.29, 0.717) is 5.76 Å². The van der Waals surface area contributed by atoms with Gasteiger partial charge < -0.3 is 14.6 Å². The second-order valence-electron chi connectivity index (χ2n) is 5.75. The summed E-state index contributed by atoms with van der Waals surface area (Å²) in [4.78, 5) is 14.4. The van der Waals surface area contributed by atoms with E-state index in [1.807, 2.05) is 42.3 Å². The van der Waals surface area contributed by atoms with Gasteiger partial charge >= 0.3 is 0 Å². The Balaban J connectivity index is 1.76. The number of piperidine rings is 1. The highest BCUT2D eigenvalue weighted by molar-refractivity contribution is 5.96. The molecule has 0 aliphatic carbocycles. The van der Waals surface area contributed by atoms with Crippen LogP contribution in [0.25, 0.3) is 11.0 Å². The Morgan fingerprint density at radius 3 is 2.65 bits per heavy atom. The van der Waals surface area contributed by atoms with Crippen molar-refractivity contribution >= 4 is 16.9 Å². The number of nitrogens with zero attached hydrogens (tertiary/aromatic N) is 1. The first-order valence-corrected chi connectivity index (χ1v) is 7.08. The lowest BCUT2D eigenvalue weighted by molar-refractivity contribution is 0.0632. The molecule has 1 saturated heterocycles. The zero-order chi connectivity index (χ0) is 14.2. The van der Waals surface area contributed by atoms with E-state index < -0.39 is 0 Å². The fourth-order valence-corrected chi connectivity index (χ4v) is 2.70. The SMILES string of the molecule is CNC1(C)CCN(C(=O)c2cc3ccccc3o2)CC1. The molecular weight excluding hydrogens is 252 g/mol. The number of para-hydroxylation sites is 1. The Bertz CT molecular complexity index is 591. The molecule has 0 saturated carbocycles. The lowest BCUT2D eigenvalue weighted by atomic mass is 9.90. The number of nitrogens with one attached hydrogen (secondary N) is 1. The molecular formula is C16H20N2O2. The summed E-state index contributed by atoms with van der Waals surface area (Å²) in [6, 6.07) is 9.55. The minimum absolute atomic E-state index is 0.000599. The summed E-state index contributed by atoms with van der Waals surface area (Å²) in [5.41, 5.74) is 0.915. The highest BCUT2D eigenvalue weighted by Crippen LogP contribution is 2.24. The molecule has 3 rings (SSSR count). The van der Waals surface area contributed by atoms with E-state index in [4.69, 9.17) is 4.42 Å². The molecule has 1 aliphatic rings. The average Bonchev–Trinajstić information content (AvgIpc) is 2.91. The summed E-state index contributed by atoms with van der Waals surface area (Å²) in [6.07, 6.45) is 1.94. The predicted octanol–water partition coefficient (Wildman–Crippen LogP) is 2.65. The first-order chi connectivity index (χ1) is 9.61. The number of hydrogen-bond donors (Lipinski definition) is 1. The summed E-state index contributed by atoms with van der Waals surface area (Å²) in [6.45, 7) is 3.75. The average molecular weight is 272 g/mol. The number of rotatable bonds is 2. The number of furan rings is 1. The normalized spacial score (nSPS) is 18.4. The molecule has 20 heavy (non-hydrogen) atoms. The number of hydrogen-bond acceptors (Lipinski definition) is 3. The van der Waals surface area contributed by atoms with Gasteiger partial charge in [-0.05, 0) is 38.9 Å². The van der Waals surface area contributed by atoms with E-state index in [0.717, 1.165) is 36.9 Å². The number of amides is 1. The van der Waals surface area contributed by atoms with Crippen LogP contribution in [-0.4, -0.2) is 36.5 Å². The number of carbonyl (C=O) groups excluding carboxylic acids is 1. The third-order valence-corrected chi connectivity index (χ3v) is 4.39. The maximum Gasteiger partial charge on any atom is 0.289 e. The van der Waals surface area contributed by atoms with E-state index in [1.54, 1.807) is 0 Å². The van der Waals surface area contributed by atoms with E-state index in [1.165, 1.54) is 0 Å². The number of likely N-dealkylation sites (tertiary alicyclic amines) is 1. The van der Waals surface area contributed by atoms with Crippen LogP contribution in [0.3, 0.4) is 0 Å². The lowest BCUT2D eigenvalue weighted by Gasteiger charge is -2.38. The van der Waals surface area contributed by atoms with Crippen LogP contribution in [0.15, 0.2) is 34.7 Å². The standard InChI is InChI=1S/C16H20N2O2/c1-16(17-2)7-9-18(10-8-16)15(19)14-11-12-5-3-4-6-13(12)20-14/h3-6,11,17H,7-10H2,1-2H3. The molecule has 0 atom stereocenters. The third kappa shape index (κ3) is 2.31. The van der Waals surface area contributed by atoms with Gasteiger partial charge in [0.05, 0.1) is 0 Å². The molecule has 1 aliphatic heterocycles. The predicted molar refractivity (Wildman–Crippen MR) is 78.8 cm³/mol. The molecule has 0 radical (unpaired) electrons. The van der Waals surface area contributed by atoms with E-state index in [9.17, 15) is 4.79 Å². The van der Waals surface area contributed by atoms with Gasteiger partial charge in [0.2, 0.25) is 0 Å². The molecule has 1 fully saturated rings. The molecule has 106 valence electrons. The first-order valence-electron chi connectivity index (χ1n) is 7.08. The second kappa shape index (κ2) is 4.94. The summed E-state index contributed by atoms with van der Waals surface area (Å²) >= 11 is 0. The van der Waals surface area contributed by atoms with Crippen molar-refractivity contribution in [3.8, 4) is 0 Å². The van der Waals surface area contributed by atoms with Crippen molar-refractivity contribution in [2.24, 2.45) is 0 Å². The van der Waals surface area contributed by atoms with Crippen molar-refractivity contribution < 1.29 is 9.21 Å². The highest BCUT2D eigenvalue weighted by atomic mass is 16.3. The molecule has 0 spiro atoms. The summed E-state index contributed by atoms with van der Waals surface area (Å²) in [7, 11) is 1.98. The Hall–Kier alpha value is -1.81. The summed E-state index contributed by atoms with van der Waals surface area (Å²) in [5, 5.41) is 4.32. The molecule has 2 heterocycles. The van der Waals surface area contributed by atoms with Gasteiger partial charge in [0.25, 0.3) is 5.91 Å². The minimum Gasteiger partial charge on any atom is -0.451 e. The van der Waals surface area contributed by atoms with Gasteiger partial charge in [-0.1, -0.05) is 18.2 Å². The highest BCUT2D eigenvalue weighted by Gasteiger charge is 2.31. The molecule has 0 bridgehead atoms. The van der Waals surface area contributed by atoms with Crippen molar-refractivity contribution in [3.05, 3.63) is 36.1 Å². The van der Waals surface area contributed by atoms with Crippen LogP contribution in [0.1, 0.15) is 30.3 Å². The van der Waals surface area contributed by atoms with Crippen LogP contribution in [-0.2, 0) is 0 Å². The quantitative estimate of drug-likeness (QED) is 0.914. The van der Waals surface area contributed by atoms with Gasteiger partial charge in [-0.15, -0.1) is 0 Å². The summed E-state index contributed by atoms with van der Waals surface area (Å²) in [5.74, 6) is 0.443. The Morgan fingerprint density at radius 2 is 2.00 bits per heavy atom. The lowest BCUT2D eigenvalue weighted by Crippen LogP contribution is -2.51. The molecule has 0 unspecified atom stereocenters. The zero-order valence-electron chi connectivity index (χ0n) is 12.0.